The van der Waals surface area contributed by atoms with Crippen LogP contribution in [0.25, 0.3) is 0 Å². The fraction of sp³-hybridized carbons (Fsp3) is 0.778. The lowest BCUT2D eigenvalue weighted by Gasteiger charge is -2.62. The molecular weight excluding hydrogens is 296 g/mol. The van der Waals surface area contributed by atoms with Gasteiger partial charge in [0, 0.05) is 18.4 Å². The zero-order valence-electron chi connectivity index (χ0n) is 13.8. The molecule has 0 aromatic rings. The highest BCUT2D eigenvalue weighted by molar-refractivity contribution is 5.81. The van der Waals surface area contributed by atoms with Gasteiger partial charge in [-0.25, -0.2) is 4.79 Å². The molecule has 5 heteroatoms. The average molecular weight is 322 g/mol. The van der Waals surface area contributed by atoms with E-state index in [1.54, 1.807) is 0 Å². The molecule has 0 amide bonds. The number of esters is 2. The van der Waals surface area contributed by atoms with Crippen molar-refractivity contribution in [1.29, 1.82) is 0 Å². The second kappa shape index (κ2) is 5.93. The van der Waals surface area contributed by atoms with Gasteiger partial charge in [0.15, 0.2) is 0 Å². The molecule has 4 bridgehead atoms. The molecule has 3 unspecified atom stereocenters. The molecule has 4 saturated carbocycles. The van der Waals surface area contributed by atoms with Gasteiger partial charge in [-0.15, -0.1) is 0 Å². The summed E-state index contributed by atoms with van der Waals surface area (Å²) in [6.07, 6.45) is 6.39. The maximum absolute atomic E-state index is 12.2. The largest absolute Gasteiger partial charge is 0.463 e. The Hall–Kier alpha value is -1.36. The fourth-order valence-corrected chi connectivity index (χ4v) is 5.19. The second-order valence-corrected chi connectivity index (χ2v) is 7.62. The Bertz CT molecular complexity index is 498. The molecule has 0 aliphatic heterocycles. The van der Waals surface area contributed by atoms with E-state index in [1.165, 1.54) is 0 Å². The Kier molecular flexibility index (Phi) is 4.25. The number of hydrogen-bond acceptors (Lipinski definition) is 5. The molecule has 0 aromatic carbocycles. The van der Waals surface area contributed by atoms with E-state index in [9.17, 15) is 14.7 Å². The van der Waals surface area contributed by atoms with Crippen LogP contribution in [0.2, 0.25) is 0 Å². The highest BCUT2D eigenvalue weighted by atomic mass is 16.6. The summed E-state index contributed by atoms with van der Waals surface area (Å²) in [5.74, 6) is 0.216. The maximum atomic E-state index is 12.2. The molecule has 4 fully saturated rings. The Morgan fingerprint density at radius 3 is 2.52 bits per heavy atom. The molecule has 4 rings (SSSR count). The van der Waals surface area contributed by atoms with Gasteiger partial charge in [0.05, 0.1) is 12.2 Å². The molecule has 0 radical (unpaired) electrons. The van der Waals surface area contributed by atoms with Gasteiger partial charge in [0.1, 0.15) is 5.60 Å². The first-order valence-corrected chi connectivity index (χ1v) is 8.60. The number of ether oxygens (including phenoxy) is 2. The Balaban J connectivity index is 1.55. The molecule has 23 heavy (non-hydrogen) atoms. The minimum atomic E-state index is -0.663. The van der Waals surface area contributed by atoms with Crippen molar-refractivity contribution in [2.24, 2.45) is 17.8 Å². The lowest BCUT2D eigenvalue weighted by molar-refractivity contribution is -0.251. The third kappa shape index (κ3) is 3.03. The van der Waals surface area contributed by atoms with E-state index in [1.807, 2.05) is 6.92 Å². The number of aliphatic hydroxyl groups is 1. The van der Waals surface area contributed by atoms with Gasteiger partial charge in [-0.1, -0.05) is 13.5 Å². The third-order valence-electron chi connectivity index (χ3n) is 6.07. The van der Waals surface area contributed by atoms with Crippen molar-refractivity contribution in [2.45, 2.75) is 63.1 Å². The minimum Gasteiger partial charge on any atom is -0.463 e. The quantitative estimate of drug-likeness (QED) is 0.462. The summed E-state index contributed by atoms with van der Waals surface area (Å²) in [6.45, 7) is 5.54. The van der Waals surface area contributed by atoms with Gasteiger partial charge in [0.2, 0.25) is 0 Å². The van der Waals surface area contributed by atoms with Gasteiger partial charge < -0.3 is 14.6 Å². The monoisotopic (exact) mass is 322 g/mol. The first kappa shape index (κ1) is 16.5. The van der Waals surface area contributed by atoms with Crippen molar-refractivity contribution in [2.75, 3.05) is 6.61 Å². The summed E-state index contributed by atoms with van der Waals surface area (Å²) < 4.78 is 10.8. The van der Waals surface area contributed by atoms with E-state index in [0.29, 0.717) is 18.3 Å². The van der Waals surface area contributed by atoms with E-state index >= 15 is 0 Å². The van der Waals surface area contributed by atoms with Crippen molar-refractivity contribution in [3.05, 3.63) is 12.7 Å². The van der Waals surface area contributed by atoms with Crippen molar-refractivity contribution >= 4 is 11.9 Å². The second-order valence-electron chi connectivity index (χ2n) is 7.62. The van der Waals surface area contributed by atoms with Crippen LogP contribution in [-0.4, -0.2) is 34.9 Å². The zero-order valence-corrected chi connectivity index (χ0v) is 13.8. The van der Waals surface area contributed by atoms with Gasteiger partial charge in [-0.3, -0.25) is 4.79 Å². The van der Waals surface area contributed by atoms with Gasteiger partial charge in [-0.2, -0.15) is 0 Å². The van der Waals surface area contributed by atoms with Crippen LogP contribution in [0.15, 0.2) is 12.7 Å². The van der Waals surface area contributed by atoms with Gasteiger partial charge in [0.25, 0.3) is 0 Å². The number of carbonyl (C=O) groups excluding carboxylic acids is 2. The smallest absolute Gasteiger partial charge is 0.330 e. The fourth-order valence-electron chi connectivity index (χ4n) is 5.19. The van der Waals surface area contributed by atoms with E-state index in [2.05, 4.69) is 6.58 Å². The lowest BCUT2D eigenvalue weighted by Crippen LogP contribution is -2.66. The predicted octanol–water partition coefficient (Wildman–Crippen LogP) is 2.37. The van der Waals surface area contributed by atoms with Crippen LogP contribution in [0.3, 0.4) is 0 Å². The molecule has 1 N–H and O–H groups in total. The summed E-state index contributed by atoms with van der Waals surface area (Å²) in [5, 5.41) is 10.9. The molecule has 4 aliphatic carbocycles. The van der Waals surface area contributed by atoms with Gasteiger partial charge >= 0.3 is 11.9 Å². The molecule has 4 aliphatic rings. The number of hydrogen-bond donors (Lipinski definition) is 1. The highest BCUT2D eigenvalue weighted by Gasteiger charge is 2.63. The van der Waals surface area contributed by atoms with E-state index in [-0.39, 0.29) is 24.9 Å². The van der Waals surface area contributed by atoms with Crippen molar-refractivity contribution in [3.8, 4) is 0 Å². The number of carbonyl (C=O) groups is 2. The first-order chi connectivity index (χ1) is 10.9. The normalized spacial score (nSPS) is 40.7. The summed E-state index contributed by atoms with van der Waals surface area (Å²) in [7, 11) is 0. The number of rotatable bonds is 6. The molecule has 0 heterocycles. The van der Waals surface area contributed by atoms with Crippen molar-refractivity contribution < 1.29 is 24.2 Å². The van der Waals surface area contributed by atoms with E-state index in [4.69, 9.17) is 9.47 Å². The van der Waals surface area contributed by atoms with Crippen molar-refractivity contribution in [1.82, 2.24) is 0 Å². The molecule has 3 atom stereocenters. The lowest BCUT2D eigenvalue weighted by atomic mass is 9.48. The third-order valence-corrected chi connectivity index (χ3v) is 6.07. The molecule has 0 saturated heterocycles. The Morgan fingerprint density at radius 2 is 1.91 bits per heavy atom. The van der Waals surface area contributed by atoms with Gasteiger partial charge in [-0.05, 0) is 50.4 Å². The summed E-state index contributed by atoms with van der Waals surface area (Å²) in [4.78, 5) is 23.2. The Morgan fingerprint density at radius 1 is 1.26 bits per heavy atom. The van der Waals surface area contributed by atoms with Crippen LogP contribution in [-0.2, 0) is 19.1 Å². The molecule has 0 aromatic heterocycles. The van der Waals surface area contributed by atoms with Crippen molar-refractivity contribution in [3.63, 3.8) is 0 Å². The Labute approximate surface area is 137 Å². The summed E-state index contributed by atoms with van der Waals surface area (Å²) in [5.41, 5.74) is -1.16. The SMILES string of the molecule is C=CC(=O)OCCCC(=O)OC12CC3CC(CC(O)(C3)C1C)C2. The summed E-state index contributed by atoms with van der Waals surface area (Å²) >= 11 is 0. The van der Waals surface area contributed by atoms with Crippen LogP contribution < -0.4 is 0 Å². The molecular formula is C18H26O5. The van der Waals surface area contributed by atoms with Crippen LogP contribution in [0.5, 0.6) is 0 Å². The standard InChI is InChI=1S/C18H26O5/c1-3-15(19)22-6-4-5-16(20)23-18-10-13-7-14(11-18)9-17(21,8-13)12(18)2/h3,12-14,21H,1,4-11H2,2H3. The zero-order chi connectivity index (χ0) is 16.7. The summed E-state index contributed by atoms with van der Waals surface area (Å²) in [6, 6.07) is 0. The highest BCUT2D eigenvalue weighted by Crippen LogP contribution is 2.61. The first-order valence-electron chi connectivity index (χ1n) is 8.60. The van der Waals surface area contributed by atoms with Crippen LogP contribution in [0, 0.1) is 17.8 Å². The average Bonchev–Trinajstić information content (AvgIpc) is 2.48. The predicted molar refractivity (Wildman–Crippen MR) is 83.4 cm³/mol. The van der Waals surface area contributed by atoms with Crippen LogP contribution >= 0.6 is 0 Å². The van der Waals surface area contributed by atoms with E-state index < -0.39 is 17.2 Å². The molecule has 0 spiro atoms. The van der Waals surface area contributed by atoms with Crippen LogP contribution in [0.1, 0.15) is 51.9 Å². The molecule has 5 nitrogen and oxygen atoms in total. The maximum Gasteiger partial charge on any atom is 0.330 e. The van der Waals surface area contributed by atoms with E-state index in [0.717, 1.165) is 38.2 Å². The van der Waals surface area contributed by atoms with Crippen LogP contribution in [0.4, 0.5) is 0 Å². The minimum absolute atomic E-state index is 0.00894. The topological polar surface area (TPSA) is 72.8 Å². The molecule has 128 valence electrons.